The Morgan fingerprint density at radius 3 is 2.59 bits per heavy atom. The number of rotatable bonds is 2. The molecule has 0 aromatic carbocycles. The van der Waals surface area contributed by atoms with Crippen molar-refractivity contribution in [1.82, 2.24) is 0 Å². The predicted octanol–water partition coefficient (Wildman–Crippen LogP) is 1.26. The van der Waals surface area contributed by atoms with Gasteiger partial charge in [0.05, 0.1) is 23.2 Å². The van der Waals surface area contributed by atoms with Gasteiger partial charge in [-0.3, -0.25) is 0 Å². The molecule has 0 bridgehead atoms. The van der Waals surface area contributed by atoms with Crippen LogP contribution in [0.3, 0.4) is 0 Å². The second-order valence-electron chi connectivity index (χ2n) is 5.58. The average Bonchev–Trinajstić information content (AvgIpc) is 2.81. The summed E-state index contributed by atoms with van der Waals surface area (Å²) in [5.74, 6) is 0.303. The van der Waals surface area contributed by atoms with E-state index >= 15 is 0 Å². The van der Waals surface area contributed by atoms with Crippen molar-refractivity contribution < 1.29 is 13.5 Å². The van der Waals surface area contributed by atoms with E-state index < -0.39 is 20.9 Å². The highest BCUT2D eigenvalue weighted by Crippen LogP contribution is 2.51. The number of hydrogen-bond donors (Lipinski definition) is 1. The van der Waals surface area contributed by atoms with Crippen LogP contribution in [0.1, 0.15) is 39.0 Å². The van der Waals surface area contributed by atoms with Gasteiger partial charge in [0, 0.05) is 0 Å². The first-order valence-electron chi connectivity index (χ1n) is 6.20. The lowest BCUT2D eigenvalue weighted by Crippen LogP contribution is -2.46. The minimum absolute atomic E-state index is 0.0413. The summed E-state index contributed by atoms with van der Waals surface area (Å²) >= 11 is 0. The monoisotopic (exact) mass is 257 g/mol. The molecule has 1 saturated heterocycles. The standard InChI is InChI=1S/C12H19NO3S/c1-2-10-3-4-12(14,7-10)11(8-13)5-6-17(15,16)9-11/h10,14H,2-7,9H2,1H3. The van der Waals surface area contributed by atoms with Crippen LogP contribution in [0.2, 0.25) is 0 Å². The van der Waals surface area contributed by atoms with E-state index in [1.807, 2.05) is 0 Å². The van der Waals surface area contributed by atoms with Crippen LogP contribution in [0.5, 0.6) is 0 Å². The summed E-state index contributed by atoms with van der Waals surface area (Å²) in [5, 5.41) is 20.0. The minimum Gasteiger partial charge on any atom is -0.388 e. The van der Waals surface area contributed by atoms with Gasteiger partial charge < -0.3 is 5.11 Å². The molecule has 2 rings (SSSR count). The smallest absolute Gasteiger partial charge is 0.152 e. The van der Waals surface area contributed by atoms with Crippen LogP contribution >= 0.6 is 0 Å². The lowest BCUT2D eigenvalue weighted by atomic mass is 9.71. The van der Waals surface area contributed by atoms with Crippen LogP contribution in [0.15, 0.2) is 0 Å². The van der Waals surface area contributed by atoms with Crippen LogP contribution in [-0.4, -0.2) is 30.6 Å². The van der Waals surface area contributed by atoms with Gasteiger partial charge in [0.25, 0.3) is 0 Å². The number of aliphatic hydroxyl groups is 1. The second kappa shape index (κ2) is 3.96. The Hall–Kier alpha value is -0.600. The summed E-state index contributed by atoms with van der Waals surface area (Å²) in [6, 6.07) is 2.13. The first-order chi connectivity index (χ1) is 7.86. The molecular weight excluding hydrogens is 238 g/mol. The Balaban J connectivity index is 2.29. The van der Waals surface area contributed by atoms with E-state index in [1.165, 1.54) is 0 Å². The van der Waals surface area contributed by atoms with Crippen LogP contribution < -0.4 is 0 Å². The van der Waals surface area contributed by atoms with Crippen molar-refractivity contribution in [3.63, 3.8) is 0 Å². The molecule has 2 aliphatic rings. The summed E-state index contributed by atoms with van der Waals surface area (Å²) in [4.78, 5) is 0. The minimum atomic E-state index is -3.15. The molecule has 4 nitrogen and oxygen atoms in total. The largest absolute Gasteiger partial charge is 0.388 e. The van der Waals surface area contributed by atoms with E-state index in [-0.39, 0.29) is 11.5 Å². The SMILES string of the molecule is CCC1CCC(O)(C2(C#N)CCS(=O)(=O)C2)C1. The second-order valence-corrected chi connectivity index (χ2v) is 7.77. The Kier molecular flexibility index (Phi) is 2.99. The van der Waals surface area contributed by atoms with Gasteiger partial charge in [-0.05, 0) is 31.6 Å². The van der Waals surface area contributed by atoms with Crippen molar-refractivity contribution in [2.75, 3.05) is 11.5 Å². The highest BCUT2D eigenvalue weighted by Gasteiger charge is 2.58. The topological polar surface area (TPSA) is 78.2 Å². The summed E-state index contributed by atoms with van der Waals surface area (Å²) in [6.45, 7) is 2.07. The fourth-order valence-electron chi connectivity index (χ4n) is 3.32. The van der Waals surface area contributed by atoms with Crippen LogP contribution in [0.4, 0.5) is 0 Å². The predicted molar refractivity (Wildman–Crippen MR) is 63.9 cm³/mol. The van der Waals surface area contributed by atoms with E-state index in [0.29, 0.717) is 25.2 Å². The Morgan fingerprint density at radius 1 is 1.47 bits per heavy atom. The number of sulfone groups is 1. The van der Waals surface area contributed by atoms with Crippen molar-refractivity contribution in [2.45, 2.75) is 44.6 Å². The highest BCUT2D eigenvalue weighted by molar-refractivity contribution is 7.91. The summed E-state index contributed by atoms with van der Waals surface area (Å²) in [7, 11) is -3.15. The number of nitriles is 1. The fourth-order valence-corrected chi connectivity index (χ4v) is 5.35. The van der Waals surface area contributed by atoms with Gasteiger partial charge in [-0.1, -0.05) is 13.3 Å². The van der Waals surface area contributed by atoms with Crippen LogP contribution in [-0.2, 0) is 9.84 Å². The number of hydrogen-bond acceptors (Lipinski definition) is 4. The Bertz CT molecular complexity index is 453. The quantitative estimate of drug-likeness (QED) is 0.807. The lowest BCUT2D eigenvalue weighted by molar-refractivity contribution is -0.0407. The van der Waals surface area contributed by atoms with Crippen LogP contribution in [0, 0.1) is 22.7 Å². The number of nitrogens with zero attached hydrogens (tertiary/aromatic N) is 1. The molecule has 0 aromatic heterocycles. The molecule has 96 valence electrons. The average molecular weight is 257 g/mol. The molecule has 0 radical (unpaired) electrons. The maximum Gasteiger partial charge on any atom is 0.152 e. The molecule has 17 heavy (non-hydrogen) atoms. The van der Waals surface area contributed by atoms with Crippen molar-refractivity contribution >= 4 is 9.84 Å². The maximum atomic E-state index is 11.6. The molecule has 2 fully saturated rings. The maximum absolute atomic E-state index is 11.6. The lowest BCUT2D eigenvalue weighted by Gasteiger charge is -2.36. The van der Waals surface area contributed by atoms with Gasteiger partial charge in [0.2, 0.25) is 0 Å². The summed E-state index contributed by atoms with van der Waals surface area (Å²) in [6.07, 6.45) is 3.31. The molecule has 5 heteroatoms. The normalized spacial score (nSPS) is 44.6. The zero-order chi connectivity index (χ0) is 12.7. The van der Waals surface area contributed by atoms with Gasteiger partial charge >= 0.3 is 0 Å². The van der Waals surface area contributed by atoms with E-state index in [1.54, 1.807) is 0 Å². The third-order valence-electron chi connectivity index (χ3n) is 4.58. The third kappa shape index (κ3) is 1.98. The molecule has 1 aliphatic carbocycles. The molecule has 3 atom stereocenters. The zero-order valence-corrected chi connectivity index (χ0v) is 11.0. The van der Waals surface area contributed by atoms with Gasteiger partial charge in [0.1, 0.15) is 5.41 Å². The molecule has 1 saturated carbocycles. The van der Waals surface area contributed by atoms with Crippen LogP contribution in [0.25, 0.3) is 0 Å². The molecule has 1 N–H and O–H groups in total. The molecule has 0 amide bonds. The Labute approximate surface area is 103 Å². The van der Waals surface area contributed by atoms with Gasteiger partial charge in [0.15, 0.2) is 9.84 Å². The van der Waals surface area contributed by atoms with E-state index in [2.05, 4.69) is 13.0 Å². The van der Waals surface area contributed by atoms with E-state index in [0.717, 1.165) is 12.8 Å². The van der Waals surface area contributed by atoms with Gasteiger partial charge in [-0.15, -0.1) is 0 Å². The third-order valence-corrected chi connectivity index (χ3v) is 6.34. The summed E-state index contributed by atoms with van der Waals surface area (Å²) in [5.41, 5.74) is -2.15. The highest BCUT2D eigenvalue weighted by atomic mass is 32.2. The Morgan fingerprint density at radius 2 is 2.18 bits per heavy atom. The van der Waals surface area contributed by atoms with Gasteiger partial charge in [-0.25, -0.2) is 8.42 Å². The first-order valence-corrected chi connectivity index (χ1v) is 8.03. The van der Waals surface area contributed by atoms with E-state index in [9.17, 15) is 18.8 Å². The first kappa shape index (κ1) is 12.8. The molecule has 1 heterocycles. The molecule has 0 aromatic rings. The zero-order valence-electron chi connectivity index (χ0n) is 10.1. The van der Waals surface area contributed by atoms with Gasteiger partial charge in [-0.2, -0.15) is 5.26 Å². The van der Waals surface area contributed by atoms with E-state index in [4.69, 9.17) is 0 Å². The molecular formula is C12H19NO3S. The van der Waals surface area contributed by atoms with Crippen molar-refractivity contribution in [1.29, 1.82) is 5.26 Å². The van der Waals surface area contributed by atoms with Crippen molar-refractivity contribution in [2.24, 2.45) is 11.3 Å². The summed E-state index contributed by atoms with van der Waals surface area (Å²) < 4.78 is 23.2. The fraction of sp³-hybridized carbons (Fsp3) is 0.917. The van der Waals surface area contributed by atoms with Crippen molar-refractivity contribution in [3.05, 3.63) is 0 Å². The molecule has 0 spiro atoms. The molecule has 3 unspecified atom stereocenters. The van der Waals surface area contributed by atoms with Crippen molar-refractivity contribution in [3.8, 4) is 6.07 Å². The molecule has 1 aliphatic heterocycles.